The van der Waals surface area contributed by atoms with Crippen LogP contribution in [0.25, 0.3) is 11.3 Å². The van der Waals surface area contributed by atoms with Crippen LogP contribution in [0, 0.1) is 0 Å². The maximum Gasteiger partial charge on any atom is 0.358 e. The summed E-state index contributed by atoms with van der Waals surface area (Å²) in [5.74, 6) is -0.646. The lowest BCUT2D eigenvalue weighted by Crippen LogP contribution is -2.20. The number of hydrogen-bond acceptors (Lipinski definition) is 4. The van der Waals surface area contributed by atoms with Gasteiger partial charge in [0.2, 0.25) is 0 Å². The fraction of sp³-hybridized carbons (Fsp3) is 0.200. The molecule has 0 fully saturated rings. The predicted molar refractivity (Wildman–Crippen MR) is 53.9 cm³/mol. The van der Waals surface area contributed by atoms with E-state index < -0.39 is 12.0 Å². The van der Waals surface area contributed by atoms with Crippen LogP contribution in [0.1, 0.15) is 27.8 Å². The largest absolute Gasteiger partial charge is 0.476 e. The van der Waals surface area contributed by atoms with Gasteiger partial charge in [-0.3, -0.25) is 0 Å². The van der Waals surface area contributed by atoms with Gasteiger partial charge < -0.3 is 20.3 Å². The summed E-state index contributed by atoms with van der Waals surface area (Å²) in [7, 11) is 0. The molecule has 2 aromatic heterocycles. The zero-order chi connectivity index (χ0) is 11.3. The number of rotatable bonds is 1. The first kappa shape index (κ1) is 9.17. The van der Waals surface area contributed by atoms with E-state index in [1.807, 2.05) is 6.07 Å². The Morgan fingerprint density at radius 1 is 1.69 bits per heavy atom. The molecule has 0 bridgehead atoms. The molecule has 1 aliphatic carbocycles. The van der Waals surface area contributed by atoms with Crippen LogP contribution in [0.3, 0.4) is 0 Å². The lowest BCUT2D eigenvalue weighted by Gasteiger charge is -2.17. The quantitative estimate of drug-likeness (QED) is 0.661. The van der Waals surface area contributed by atoms with Gasteiger partial charge in [-0.05, 0) is 6.07 Å². The Bertz CT molecular complexity index is 570. The Morgan fingerprint density at radius 2 is 2.50 bits per heavy atom. The molecule has 0 saturated carbocycles. The number of hydrogen-bond donors (Lipinski definition) is 3. The van der Waals surface area contributed by atoms with E-state index in [1.54, 1.807) is 6.20 Å². The number of H-pyrrole nitrogens is 1. The second-order valence-corrected chi connectivity index (χ2v) is 3.76. The van der Waals surface area contributed by atoms with Crippen LogP contribution in [0.5, 0.6) is 0 Å². The Morgan fingerprint density at radius 3 is 3.25 bits per heavy atom. The smallest absolute Gasteiger partial charge is 0.358 e. The van der Waals surface area contributed by atoms with E-state index in [1.165, 1.54) is 0 Å². The molecule has 0 spiro atoms. The van der Waals surface area contributed by atoms with Crippen molar-refractivity contribution >= 4 is 5.97 Å². The van der Waals surface area contributed by atoms with Crippen molar-refractivity contribution in [3.63, 3.8) is 0 Å². The average molecular weight is 219 g/mol. The van der Waals surface area contributed by atoms with E-state index >= 15 is 0 Å². The Labute approximate surface area is 90.0 Å². The summed E-state index contributed by atoms with van der Waals surface area (Å²) in [6.45, 7) is 0. The van der Waals surface area contributed by atoms with Crippen LogP contribution in [-0.2, 0) is 6.42 Å². The molecular weight excluding hydrogens is 210 g/mol. The van der Waals surface area contributed by atoms with Crippen molar-refractivity contribution in [3.8, 4) is 11.3 Å². The standard InChI is InChI=1S/C10H9N3O3/c11-5-3-6-4(1-2-12-6)9-7(5)8(10(14)15)13-16-9/h1-2,5,12H,3,11H2,(H,14,15). The van der Waals surface area contributed by atoms with E-state index in [9.17, 15) is 4.79 Å². The molecule has 6 heteroatoms. The highest BCUT2D eigenvalue weighted by Crippen LogP contribution is 2.38. The van der Waals surface area contributed by atoms with Crippen LogP contribution in [0.4, 0.5) is 0 Å². The van der Waals surface area contributed by atoms with Gasteiger partial charge in [0.1, 0.15) is 0 Å². The van der Waals surface area contributed by atoms with Crippen LogP contribution < -0.4 is 5.73 Å². The summed E-state index contributed by atoms with van der Waals surface area (Å²) in [4.78, 5) is 14.0. The van der Waals surface area contributed by atoms with E-state index in [4.69, 9.17) is 15.4 Å². The normalized spacial score (nSPS) is 17.9. The number of fused-ring (bicyclic) bond motifs is 3. The molecule has 82 valence electrons. The number of nitrogens with one attached hydrogen (secondary N) is 1. The Balaban J connectivity index is 2.27. The van der Waals surface area contributed by atoms with Crippen molar-refractivity contribution in [1.29, 1.82) is 0 Å². The van der Waals surface area contributed by atoms with Gasteiger partial charge in [-0.15, -0.1) is 0 Å². The van der Waals surface area contributed by atoms with E-state index in [0.717, 1.165) is 11.3 Å². The number of carboxylic acids is 1. The van der Waals surface area contributed by atoms with Crippen LogP contribution >= 0.6 is 0 Å². The van der Waals surface area contributed by atoms with Crippen molar-refractivity contribution in [2.45, 2.75) is 12.5 Å². The minimum atomic E-state index is -1.11. The minimum absolute atomic E-state index is 0.0886. The first-order valence-corrected chi connectivity index (χ1v) is 4.83. The van der Waals surface area contributed by atoms with E-state index in [0.29, 0.717) is 17.7 Å². The summed E-state index contributed by atoms with van der Waals surface area (Å²) in [5, 5.41) is 12.5. The summed E-state index contributed by atoms with van der Waals surface area (Å²) in [6, 6.07) is 1.44. The molecule has 6 nitrogen and oxygen atoms in total. The molecule has 1 aliphatic rings. The van der Waals surface area contributed by atoms with Gasteiger partial charge >= 0.3 is 5.97 Å². The molecule has 2 aromatic rings. The van der Waals surface area contributed by atoms with Gasteiger partial charge in [0.05, 0.1) is 5.56 Å². The number of aromatic carboxylic acids is 1. The average Bonchev–Trinajstić information content (AvgIpc) is 2.80. The number of aromatic amines is 1. The first-order chi connectivity index (χ1) is 7.68. The fourth-order valence-electron chi connectivity index (χ4n) is 2.10. The number of carbonyl (C=O) groups is 1. The first-order valence-electron chi connectivity index (χ1n) is 4.83. The molecule has 16 heavy (non-hydrogen) atoms. The molecule has 4 N–H and O–H groups in total. The molecule has 0 aliphatic heterocycles. The van der Waals surface area contributed by atoms with Crippen molar-refractivity contribution in [2.24, 2.45) is 5.73 Å². The maximum absolute atomic E-state index is 10.9. The molecule has 1 unspecified atom stereocenters. The maximum atomic E-state index is 10.9. The van der Waals surface area contributed by atoms with Gasteiger partial charge in [-0.1, -0.05) is 5.16 Å². The lowest BCUT2D eigenvalue weighted by atomic mass is 9.91. The molecule has 0 saturated heterocycles. The zero-order valence-electron chi connectivity index (χ0n) is 8.23. The summed E-state index contributed by atoms with van der Waals surface area (Å²) < 4.78 is 5.07. The molecule has 0 radical (unpaired) electrons. The Hall–Kier alpha value is -2.08. The Kier molecular flexibility index (Phi) is 1.69. The molecular formula is C10H9N3O3. The van der Waals surface area contributed by atoms with E-state index in [-0.39, 0.29) is 5.69 Å². The fourth-order valence-corrected chi connectivity index (χ4v) is 2.10. The van der Waals surface area contributed by atoms with Gasteiger partial charge in [0, 0.05) is 29.9 Å². The van der Waals surface area contributed by atoms with Crippen molar-refractivity contribution < 1.29 is 14.4 Å². The SMILES string of the molecule is NC1Cc2[nH]ccc2-c2onc(C(=O)O)c21. The van der Waals surface area contributed by atoms with Gasteiger partial charge in [-0.2, -0.15) is 0 Å². The van der Waals surface area contributed by atoms with Gasteiger partial charge in [-0.25, -0.2) is 4.79 Å². The number of nitrogens with zero attached hydrogens (tertiary/aromatic N) is 1. The van der Waals surface area contributed by atoms with Gasteiger partial charge in [0.25, 0.3) is 0 Å². The summed E-state index contributed by atoms with van der Waals surface area (Å²) in [5.41, 5.74) is 8.11. The minimum Gasteiger partial charge on any atom is -0.476 e. The summed E-state index contributed by atoms with van der Waals surface area (Å²) >= 11 is 0. The molecule has 0 amide bonds. The van der Waals surface area contributed by atoms with Crippen molar-refractivity contribution in [2.75, 3.05) is 0 Å². The van der Waals surface area contributed by atoms with Crippen molar-refractivity contribution in [3.05, 3.63) is 29.2 Å². The second kappa shape index (κ2) is 2.96. The topological polar surface area (TPSA) is 105 Å². The van der Waals surface area contributed by atoms with Gasteiger partial charge in [0.15, 0.2) is 11.5 Å². The second-order valence-electron chi connectivity index (χ2n) is 3.76. The third-order valence-electron chi connectivity index (χ3n) is 2.80. The molecule has 3 rings (SSSR count). The highest BCUT2D eigenvalue weighted by molar-refractivity contribution is 5.90. The third kappa shape index (κ3) is 1.04. The molecule has 0 aromatic carbocycles. The van der Waals surface area contributed by atoms with E-state index in [2.05, 4.69) is 10.1 Å². The highest BCUT2D eigenvalue weighted by atomic mass is 16.5. The van der Waals surface area contributed by atoms with Crippen LogP contribution in [-0.4, -0.2) is 21.2 Å². The highest BCUT2D eigenvalue weighted by Gasteiger charge is 2.32. The molecule has 2 heterocycles. The van der Waals surface area contributed by atoms with Crippen LogP contribution in [0.15, 0.2) is 16.8 Å². The molecule has 1 atom stereocenters. The lowest BCUT2D eigenvalue weighted by molar-refractivity contribution is 0.0684. The third-order valence-corrected chi connectivity index (χ3v) is 2.80. The number of nitrogens with two attached hydrogens (primary N) is 1. The predicted octanol–water partition coefficient (Wildman–Crippen LogP) is 0.924. The zero-order valence-corrected chi connectivity index (χ0v) is 8.23. The van der Waals surface area contributed by atoms with Crippen LogP contribution in [0.2, 0.25) is 0 Å². The number of aromatic nitrogens is 2. The number of carboxylic acid groups (broad SMARTS) is 1. The monoisotopic (exact) mass is 219 g/mol. The van der Waals surface area contributed by atoms with Crippen molar-refractivity contribution in [1.82, 2.24) is 10.1 Å². The summed E-state index contributed by atoms with van der Waals surface area (Å²) in [6.07, 6.45) is 2.34.